The van der Waals surface area contributed by atoms with E-state index in [0.29, 0.717) is 0 Å². The van der Waals surface area contributed by atoms with Crippen molar-refractivity contribution in [3.8, 4) is 0 Å². The Kier molecular flexibility index (Phi) is 2.11. The van der Waals surface area contributed by atoms with Crippen LogP contribution in [0.25, 0.3) is 0 Å². The van der Waals surface area contributed by atoms with Gasteiger partial charge in [0.05, 0.1) is 17.3 Å². The minimum absolute atomic E-state index is 0.0459. The van der Waals surface area contributed by atoms with Gasteiger partial charge in [-0.15, -0.1) is 0 Å². The van der Waals surface area contributed by atoms with E-state index in [1.807, 2.05) is 12.3 Å². The Labute approximate surface area is 58.5 Å². The van der Waals surface area contributed by atoms with Gasteiger partial charge in [0.1, 0.15) is 0 Å². The summed E-state index contributed by atoms with van der Waals surface area (Å²) < 4.78 is 0. The molecule has 9 heavy (non-hydrogen) atoms. The molecule has 1 rings (SSSR count). The van der Waals surface area contributed by atoms with E-state index in [1.54, 1.807) is 6.20 Å². The maximum absolute atomic E-state index is 5.55. The molecule has 1 heterocycles. The molecule has 1 aliphatic heterocycles. The smallest absolute Gasteiger partial charge is 0.0951 e. The third-order valence-electron chi connectivity index (χ3n) is 0.904. The summed E-state index contributed by atoms with van der Waals surface area (Å²) in [6.45, 7) is 1.92. The second-order valence-electron chi connectivity index (χ2n) is 1.79. The summed E-state index contributed by atoms with van der Waals surface area (Å²) in [5, 5.41) is 2.81. The number of nitrogens with two attached hydrogens (primary N) is 1. The van der Waals surface area contributed by atoms with Crippen LogP contribution in [-0.4, -0.2) is 11.1 Å². The summed E-state index contributed by atoms with van der Waals surface area (Å²) in [5.74, 6) is 0. The number of rotatable bonds is 1. The minimum Gasteiger partial charge on any atom is -0.322 e. The summed E-state index contributed by atoms with van der Waals surface area (Å²) >= 11 is 1.53. The van der Waals surface area contributed by atoms with Crippen molar-refractivity contribution < 1.29 is 0 Å². The van der Waals surface area contributed by atoms with E-state index in [1.165, 1.54) is 11.8 Å². The zero-order valence-electron chi connectivity index (χ0n) is 5.16. The summed E-state index contributed by atoms with van der Waals surface area (Å²) in [6, 6.07) is 0.0459. The van der Waals surface area contributed by atoms with Gasteiger partial charge in [-0.2, -0.15) is 0 Å². The van der Waals surface area contributed by atoms with Gasteiger partial charge in [0, 0.05) is 5.41 Å². The van der Waals surface area contributed by atoms with E-state index >= 15 is 0 Å². The number of hydrogen-bond acceptors (Lipinski definition) is 3. The van der Waals surface area contributed by atoms with Crippen molar-refractivity contribution >= 4 is 16.8 Å². The molecule has 2 N–H and O–H groups in total. The molecule has 0 spiro atoms. The van der Waals surface area contributed by atoms with E-state index in [4.69, 9.17) is 5.73 Å². The zero-order chi connectivity index (χ0) is 6.69. The Morgan fingerprint density at radius 1 is 1.89 bits per heavy atom. The van der Waals surface area contributed by atoms with Crippen LogP contribution in [0.2, 0.25) is 0 Å². The third kappa shape index (κ3) is 1.72. The fourth-order valence-corrected chi connectivity index (χ4v) is 1.06. The van der Waals surface area contributed by atoms with Crippen molar-refractivity contribution in [2.24, 2.45) is 10.7 Å². The Bertz CT molecular complexity index is 187. The summed E-state index contributed by atoms with van der Waals surface area (Å²) in [7, 11) is 0. The maximum atomic E-state index is 5.55. The largest absolute Gasteiger partial charge is 0.322 e. The molecule has 1 atom stereocenters. The first-order chi connectivity index (χ1) is 4.30. The van der Waals surface area contributed by atoms with E-state index < -0.39 is 0 Å². The summed E-state index contributed by atoms with van der Waals surface area (Å²) in [6.07, 6.45) is 1.63. The number of thioether (sulfide) groups is 1. The first kappa shape index (κ1) is 6.62. The Hall–Kier alpha value is -0.500. The quantitative estimate of drug-likeness (QED) is 0.554. The lowest BCUT2D eigenvalue weighted by molar-refractivity contribution is 0.989. The van der Waals surface area contributed by atoms with Gasteiger partial charge in [0.2, 0.25) is 0 Å². The highest BCUT2D eigenvalue weighted by molar-refractivity contribution is 8.16. The number of nitrogens with zero attached hydrogens (tertiary/aromatic N) is 1. The van der Waals surface area contributed by atoms with Crippen LogP contribution >= 0.6 is 11.8 Å². The minimum atomic E-state index is 0.0459. The van der Waals surface area contributed by atoms with Gasteiger partial charge >= 0.3 is 0 Å². The lowest BCUT2D eigenvalue weighted by atomic mass is 10.4. The second kappa shape index (κ2) is 2.87. The molecule has 48 valence electrons. The highest BCUT2D eigenvalue weighted by atomic mass is 32.2. The van der Waals surface area contributed by atoms with Crippen LogP contribution in [0.5, 0.6) is 0 Å². The van der Waals surface area contributed by atoms with E-state index in [2.05, 4.69) is 10.7 Å². The SMILES string of the molecule is CC(N)C1=NC=C=CS1. The van der Waals surface area contributed by atoms with E-state index in [-0.39, 0.29) is 6.04 Å². The Morgan fingerprint density at radius 2 is 2.67 bits per heavy atom. The van der Waals surface area contributed by atoms with Crippen LogP contribution in [0.3, 0.4) is 0 Å². The fourth-order valence-electron chi connectivity index (χ4n) is 0.481. The lowest BCUT2D eigenvalue weighted by Crippen LogP contribution is -2.23. The van der Waals surface area contributed by atoms with Gasteiger partial charge in [-0.1, -0.05) is 17.5 Å². The number of aliphatic imine (C=N–C) groups is 1. The standard InChI is InChI=1S/C6H8N2S/c1-5(7)6-8-3-2-4-9-6/h3-5H,7H2,1H3. The zero-order valence-corrected chi connectivity index (χ0v) is 5.98. The number of hydrogen-bond donors (Lipinski definition) is 1. The van der Waals surface area contributed by atoms with Crippen molar-refractivity contribution in [1.29, 1.82) is 0 Å². The summed E-state index contributed by atoms with van der Waals surface area (Å²) in [5.41, 5.74) is 8.39. The van der Waals surface area contributed by atoms with Crippen molar-refractivity contribution in [1.82, 2.24) is 0 Å². The van der Waals surface area contributed by atoms with Crippen LogP contribution in [-0.2, 0) is 0 Å². The van der Waals surface area contributed by atoms with Gasteiger partial charge in [0.25, 0.3) is 0 Å². The van der Waals surface area contributed by atoms with Gasteiger partial charge < -0.3 is 5.73 Å². The van der Waals surface area contributed by atoms with Crippen LogP contribution in [0.4, 0.5) is 0 Å². The molecule has 0 aromatic rings. The average molecular weight is 140 g/mol. The molecule has 1 unspecified atom stereocenters. The monoisotopic (exact) mass is 140 g/mol. The normalized spacial score (nSPS) is 19.6. The predicted molar refractivity (Wildman–Crippen MR) is 41.3 cm³/mol. The molecular weight excluding hydrogens is 132 g/mol. The molecule has 0 saturated heterocycles. The molecule has 0 bridgehead atoms. The van der Waals surface area contributed by atoms with Crippen molar-refractivity contribution in [3.05, 3.63) is 17.3 Å². The van der Waals surface area contributed by atoms with Crippen LogP contribution in [0, 0.1) is 0 Å². The van der Waals surface area contributed by atoms with Gasteiger partial charge in [-0.05, 0) is 6.92 Å². The molecular formula is C6H8N2S. The molecule has 3 heteroatoms. The topological polar surface area (TPSA) is 38.4 Å². The fraction of sp³-hybridized carbons (Fsp3) is 0.333. The maximum Gasteiger partial charge on any atom is 0.0951 e. The van der Waals surface area contributed by atoms with Crippen molar-refractivity contribution in [2.75, 3.05) is 0 Å². The lowest BCUT2D eigenvalue weighted by Gasteiger charge is -2.05. The van der Waals surface area contributed by atoms with Crippen molar-refractivity contribution in [2.45, 2.75) is 13.0 Å². The molecule has 2 nitrogen and oxygen atoms in total. The molecule has 0 aliphatic carbocycles. The predicted octanol–water partition coefficient (Wildman–Crippen LogP) is 1.11. The molecule has 1 aliphatic rings. The first-order valence-corrected chi connectivity index (χ1v) is 3.58. The Morgan fingerprint density at radius 3 is 3.00 bits per heavy atom. The molecule has 0 saturated carbocycles. The van der Waals surface area contributed by atoms with Crippen LogP contribution < -0.4 is 5.73 Å². The van der Waals surface area contributed by atoms with Crippen LogP contribution in [0.1, 0.15) is 6.92 Å². The van der Waals surface area contributed by atoms with Crippen molar-refractivity contribution in [3.63, 3.8) is 0 Å². The van der Waals surface area contributed by atoms with E-state index in [0.717, 1.165) is 5.04 Å². The second-order valence-corrected chi connectivity index (χ2v) is 2.68. The third-order valence-corrected chi connectivity index (χ3v) is 1.88. The first-order valence-electron chi connectivity index (χ1n) is 2.70. The highest BCUT2D eigenvalue weighted by Crippen LogP contribution is 2.10. The molecule has 0 amide bonds. The molecule has 0 aromatic heterocycles. The average Bonchev–Trinajstić information content (AvgIpc) is 1.90. The van der Waals surface area contributed by atoms with E-state index in [9.17, 15) is 0 Å². The van der Waals surface area contributed by atoms with Gasteiger partial charge in [0.15, 0.2) is 0 Å². The molecule has 0 radical (unpaired) electrons. The molecule has 0 fully saturated rings. The summed E-state index contributed by atoms with van der Waals surface area (Å²) in [4.78, 5) is 4.02. The van der Waals surface area contributed by atoms with Gasteiger partial charge in [-0.3, -0.25) is 0 Å². The Balaban J connectivity index is 2.66. The van der Waals surface area contributed by atoms with Crippen LogP contribution in [0.15, 0.2) is 22.3 Å². The van der Waals surface area contributed by atoms with Gasteiger partial charge in [-0.25, -0.2) is 4.99 Å². The molecule has 0 aromatic carbocycles. The highest BCUT2D eigenvalue weighted by Gasteiger charge is 2.03.